The number of alkyl halides is 4. The second kappa shape index (κ2) is 22.5. The molecule has 386 valence electrons. The average Bonchev–Trinajstić information content (AvgIpc) is 4.15. The van der Waals surface area contributed by atoms with Crippen LogP contribution in [0.2, 0.25) is 5.02 Å². The fourth-order valence-corrected chi connectivity index (χ4v) is 9.35. The van der Waals surface area contributed by atoms with E-state index in [-0.39, 0.29) is 82.0 Å². The highest BCUT2D eigenvalue weighted by Gasteiger charge is 2.48. The number of rotatable bonds is 18. The molecule has 2 amide bonds. The molecule has 3 saturated heterocycles. The zero-order valence-corrected chi connectivity index (χ0v) is 40.6. The average molecular weight is 1030 g/mol. The van der Waals surface area contributed by atoms with Crippen LogP contribution in [-0.2, 0) is 20.8 Å². The Bertz CT molecular complexity index is 3000. The molecule has 0 saturated carbocycles. The van der Waals surface area contributed by atoms with Gasteiger partial charge in [-0.05, 0) is 92.5 Å². The minimum absolute atomic E-state index is 0.0440. The number of nitrogens with one attached hydrogen (secondary N) is 5. The number of ether oxygens (including phenoxy) is 5. The maximum atomic E-state index is 14.9. The largest absolute Gasteiger partial charge is 0.495 e. The number of hydrogen-bond donors (Lipinski definition) is 6. The van der Waals surface area contributed by atoms with Gasteiger partial charge in [-0.3, -0.25) is 9.59 Å². The van der Waals surface area contributed by atoms with E-state index in [0.29, 0.717) is 80.6 Å². The summed E-state index contributed by atoms with van der Waals surface area (Å²) in [6.45, 7) is 0.929. The van der Waals surface area contributed by atoms with E-state index in [1.165, 1.54) is 7.11 Å². The molecular weight excluding hydrogens is 978 g/mol. The van der Waals surface area contributed by atoms with Gasteiger partial charge in [-0.15, -0.1) is 0 Å². The second-order valence-corrected chi connectivity index (χ2v) is 18.4. The Morgan fingerprint density at radius 2 is 1.82 bits per heavy atom. The van der Waals surface area contributed by atoms with Crippen molar-refractivity contribution in [3.8, 4) is 40.6 Å². The lowest BCUT2D eigenvalue weighted by molar-refractivity contribution is -0.140. The van der Waals surface area contributed by atoms with Crippen molar-refractivity contribution in [1.82, 2.24) is 35.1 Å². The third-order valence-corrected chi connectivity index (χ3v) is 13.0. The Labute approximate surface area is 422 Å². The van der Waals surface area contributed by atoms with Gasteiger partial charge in [0.25, 0.3) is 11.9 Å². The van der Waals surface area contributed by atoms with Gasteiger partial charge >= 0.3 is 6.18 Å². The van der Waals surface area contributed by atoms with E-state index in [1.54, 1.807) is 60.7 Å². The number of aliphatic hydroxyl groups excluding tert-OH is 1. The first-order chi connectivity index (χ1) is 35.2. The van der Waals surface area contributed by atoms with Crippen LogP contribution in [0.15, 0.2) is 72.8 Å². The van der Waals surface area contributed by atoms with Crippen molar-refractivity contribution in [2.75, 3.05) is 77.3 Å². The molecular formula is C51H54ClF4N9O8. The number of piperidine rings is 1. The summed E-state index contributed by atoms with van der Waals surface area (Å²) in [4.78, 5) is 39.6. The molecule has 3 aromatic carbocycles. The number of anilines is 2. The van der Waals surface area contributed by atoms with Crippen LogP contribution in [0.5, 0.6) is 17.5 Å². The van der Waals surface area contributed by atoms with E-state index in [0.717, 1.165) is 10.1 Å². The maximum Gasteiger partial charge on any atom is 0.406 e. The lowest BCUT2D eigenvalue weighted by Crippen LogP contribution is -2.46. The molecule has 6 heterocycles. The Kier molecular flexibility index (Phi) is 15.8. The molecule has 6 aromatic rings. The zero-order chi connectivity index (χ0) is 51.2. The summed E-state index contributed by atoms with van der Waals surface area (Å²) in [6.07, 6.45) is -6.47. The first-order valence-electron chi connectivity index (χ1n) is 23.8. The monoisotopic (exact) mass is 1030 g/mol. The number of halogens is 5. The van der Waals surface area contributed by atoms with Crippen LogP contribution in [0, 0.1) is 11.8 Å². The first-order valence-corrected chi connectivity index (χ1v) is 24.2. The van der Waals surface area contributed by atoms with Crippen LogP contribution in [0.4, 0.5) is 28.9 Å². The van der Waals surface area contributed by atoms with Gasteiger partial charge in [0, 0.05) is 48.3 Å². The third kappa shape index (κ3) is 12.3. The van der Waals surface area contributed by atoms with E-state index in [4.69, 9.17) is 35.3 Å². The topological polar surface area (TPSA) is 198 Å². The molecule has 3 aliphatic rings. The highest BCUT2D eigenvalue weighted by molar-refractivity contribution is 6.33. The minimum Gasteiger partial charge on any atom is -0.495 e. The maximum absolute atomic E-state index is 14.9. The standard InChI is InChI=1S/C51H54ClF4N9O8/c1-64-20-16-37(35(53)25-64)60-36-7-3-8-40-33(36)23-31(65(40)28-51(54,55)56)6-4-17-57-38-15-12-30(22-42(38)69-2)49(68)59-18-5-9-44(67)58-19-21-70-32-13-10-29(11-14-32)45-34(52)24-39-48(62-45)63-50(61-39)73-43-27-72-46-41(66)26-71-47(43)46/h3,7-8,10-15,22-24,35,37,41,43,46-47,57,60,66H,5,9,16-21,25-28H2,1-2H3,(H,58,67)(H,59,68)(H,61,62,63)/t35-,37+,41+,43+,46+,47+/m0/s1. The quantitative estimate of drug-likeness (QED) is 0.0318. The van der Waals surface area contributed by atoms with E-state index >= 15 is 0 Å². The van der Waals surface area contributed by atoms with Crippen LogP contribution >= 0.6 is 11.6 Å². The Hall–Kier alpha value is -6.83. The van der Waals surface area contributed by atoms with Crippen molar-refractivity contribution in [3.63, 3.8) is 0 Å². The van der Waals surface area contributed by atoms with Crippen molar-refractivity contribution in [2.24, 2.45) is 0 Å². The van der Waals surface area contributed by atoms with Crippen LogP contribution in [-0.4, -0.2) is 151 Å². The Balaban J connectivity index is 0.698. The summed E-state index contributed by atoms with van der Waals surface area (Å²) < 4.78 is 85.9. The molecule has 73 heavy (non-hydrogen) atoms. The molecule has 9 rings (SSSR count). The molecule has 0 radical (unpaired) electrons. The first kappa shape index (κ1) is 51.1. The highest BCUT2D eigenvalue weighted by Crippen LogP contribution is 2.35. The number of methoxy groups -OCH3 is 1. The van der Waals surface area contributed by atoms with Crippen molar-refractivity contribution in [2.45, 2.75) is 68.6 Å². The second-order valence-electron chi connectivity index (χ2n) is 18.0. The summed E-state index contributed by atoms with van der Waals surface area (Å²) in [5, 5.41) is 22.9. The number of nitrogens with zero attached hydrogens (tertiary/aromatic N) is 4. The lowest BCUT2D eigenvalue weighted by atomic mass is 10.0. The van der Waals surface area contributed by atoms with Gasteiger partial charge in [-0.25, -0.2) is 9.37 Å². The summed E-state index contributed by atoms with van der Waals surface area (Å²) in [6, 6.07) is 20.0. The number of imidazole rings is 1. The van der Waals surface area contributed by atoms with Crippen LogP contribution in [0.3, 0.4) is 0 Å². The molecule has 0 spiro atoms. The number of carbonyl (C=O) groups is 2. The number of hydrogen-bond acceptors (Lipinski definition) is 13. The summed E-state index contributed by atoms with van der Waals surface area (Å²) in [5.74, 6) is 6.12. The smallest absolute Gasteiger partial charge is 0.406 e. The number of amides is 2. The van der Waals surface area contributed by atoms with Gasteiger partial charge in [0.2, 0.25) is 5.91 Å². The molecule has 3 aliphatic heterocycles. The number of pyridine rings is 1. The number of aromatic nitrogens is 4. The number of aliphatic hydroxyl groups is 1. The minimum atomic E-state index is -4.51. The molecule has 0 aliphatic carbocycles. The lowest BCUT2D eigenvalue weighted by Gasteiger charge is -2.33. The summed E-state index contributed by atoms with van der Waals surface area (Å²) >= 11 is 6.61. The number of H-pyrrole nitrogens is 1. The van der Waals surface area contributed by atoms with Crippen molar-refractivity contribution >= 4 is 56.9 Å². The van der Waals surface area contributed by atoms with Crippen LogP contribution in [0.25, 0.3) is 33.3 Å². The number of fused-ring (bicyclic) bond motifs is 3. The molecule has 6 atom stereocenters. The van der Waals surface area contributed by atoms with Crippen molar-refractivity contribution < 1.29 is 55.9 Å². The van der Waals surface area contributed by atoms with Gasteiger partial charge < -0.3 is 64.5 Å². The Morgan fingerprint density at radius 3 is 2.62 bits per heavy atom. The van der Waals surface area contributed by atoms with Gasteiger partial charge in [0.05, 0.1) is 72.6 Å². The molecule has 22 heteroatoms. The summed E-state index contributed by atoms with van der Waals surface area (Å²) in [5.41, 5.74) is 4.10. The van der Waals surface area contributed by atoms with Crippen molar-refractivity contribution in [1.29, 1.82) is 0 Å². The fraction of sp³-hybridized carbons (Fsp3) is 0.412. The van der Waals surface area contributed by atoms with E-state index in [9.17, 15) is 32.3 Å². The van der Waals surface area contributed by atoms with Gasteiger partial charge in [0.15, 0.2) is 11.8 Å². The van der Waals surface area contributed by atoms with E-state index in [2.05, 4.69) is 48.1 Å². The molecule has 3 aromatic heterocycles. The number of aromatic amines is 1. The predicted octanol–water partition coefficient (Wildman–Crippen LogP) is 6.33. The van der Waals surface area contributed by atoms with Crippen molar-refractivity contribution in [3.05, 3.63) is 89.1 Å². The molecule has 0 unspecified atom stereocenters. The number of carbonyl (C=O) groups excluding carboxylic acids is 2. The Morgan fingerprint density at radius 1 is 1.00 bits per heavy atom. The number of likely N-dealkylation sites (tertiary alicyclic amines) is 1. The third-order valence-electron chi connectivity index (χ3n) is 12.8. The summed E-state index contributed by atoms with van der Waals surface area (Å²) in [7, 11) is 3.29. The van der Waals surface area contributed by atoms with Gasteiger partial charge in [-0.1, -0.05) is 23.6 Å². The fourth-order valence-electron chi connectivity index (χ4n) is 9.09. The van der Waals surface area contributed by atoms with Gasteiger partial charge in [-0.2, -0.15) is 18.2 Å². The van der Waals surface area contributed by atoms with Crippen LogP contribution in [0.1, 0.15) is 35.3 Å². The van der Waals surface area contributed by atoms with Gasteiger partial charge in [0.1, 0.15) is 49.1 Å². The SMILES string of the molecule is COc1cc(C(=O)NCCCC(=O)NCCOc2ccc(-c3nc4nc(O[C@@H]5CO[C@H]6[C@@H]5OC[C@H]6O)[nH]c4cc3Cl)cc2)ccc1NCC#Cc1cc2c(N[C@@H]3CCN(C)C[C@@H]3F)cccc2n1CC(F)(F)F. The molecule has 0 bridgehead atoms. The normalized spacial score (nSPS) is 20.8. The highest BCUT2D eigenvalue weighted by atomic mass is 35.5. The molecule has 3 fully saturated rings. The van der Waals surface area contributed by atoms with E-state index in [1.807, 2.05) is 24.1 Å². The van der Waals surface area contributed by atoms with E-state index < -0.39 is 43.2 Å². The number of benzene rings is 3. The van der Waals surface area contributed by atoms with Crippen LogP contribution < -0.4 is 35.5 Å². The molecule has 17 nitrogen and oxygen atoms in total. The predicted molar refractivity (Wildman–Crippen MR) is 265 cm³/mol. The molecule has 6 N–H and O–H groups in total. The zero-order valence-electron chi connectivity index (χ0n) is 39.9.